The molecule has 7 heteroatoms. The molecule has 0 radical (unpaired) electrons. The lowest BCUT2D eigenvalue weighted by Crippen LogP contribution is -2.33. The fraction of sp³-hybridized carbons (Fsp3) is 0.308. The summed E-state index contributed by atoms with van der Waals surface area (Å²) in [6.07, 6.45) is 3.60. The van der Waals surface area contributed by atoms with Crippen LogP contribution in [0, 0.1) is 5.82 Å². The molecule has 6 nitrogen and oxygen atoms in total. The van der Waals surface area contributed by atoms with Crippen LogP contribution in [0.15, 0.2) is 67.0 Å². The van der Waals surface area contributed by atoms with E-state index in [-0.39, 0.29) is 11.7 Å². The largest absolute Gasteiger partial charge is 0.486 e. The van der Waals surface area contributed by atoms with Gasteiger partial charge in [-0.2, -0.15) is 0 Å². The van der Waals surface area contributed by atoms with Gasteiger partial charge < -0.3 is 19.9 Å². The van der Waals surface area contributed by atoms with E-state index in [1.54, 1.807) is 24.5 Å². The van der Waals surface area contributed by atoms with Gasteiger partial charge in [0.2, 0.25) is 0 Å². The van der Waals surface area contributed by atoms with Crippen molar-refractivity contribution in [1.29, 1.82) is 0 Å². The highest BCUT2D eigenvalue weighted by atomic mass is 19.1. The topological polar surface area (TPSA) is 57.7 Å². The van der Waals surface area contributed by atoms with Crippen molar-refractivity contribution in [3.05, 3.63) is 89.5 Å². The molecule has 0 saturated carbocycles. The monoisotopic (exact) mass is 448 g/mol. The molecule has 1 aromatic heterocycles. The van der Waals surface area contributed by atoms with Crippen LogP contribution >= 0.6 is 0 Å². The Bertz CT molecular complexity index is 1090. The molecular weight excluding hydrogens is 419 g/mol. The van der Waals surface area contributed by atoms with Gasteiger partial charge in [-0.05, 0) is 43.4 Å². The van der Waals surface area contributed by atoms with Crippen LogP contribution in [0.2, 0.25) is 0 Å². The molecule has 0 fully saturated rings. The van der Waals surface area contributed by atoms with Crippen molar-refractivity contribution in [1.82, 2.24) is 15.2 Å². The number of rotatable bonds is 8. The summed E-state index contributed by atoms with van der Waals surface area (Å²) in [6.45, 7) is 2.58. The highest BCUT2D eigenvalue weighted by molar-refractivity contribution is 6.00. The van der Waals surface area contributed by atoms with E-state index < -0.39 is 6.10 Å². The Morgan fingerprint density at radius 1 is 1.12 bits per heavy atom. The van der Waals surface area contributed by atoms with Gasteiger partial charge in [0.15, 0.2) is 0 Å². The third-order valence-electron chi connectivity index (χ3n) is 5.92. The first-order valence-corrected chi connectivity index (χ1v) is 11.2. The molecule has 2 heterocycles. The first-order valence-electron chi connectivity index (χ1n) is 11.2. The minimum absolute atomic E-state index is 0.0190. The Balaban J connectivity index is 1.47. The van der Waals surface area contributed by atoms with Crippen LogP contribution < -0.4 is 15.0 Å². The summed E-state index contributed by atoms with van der Waals surface area (Å²) in [5, 5.41) is 3.10. The SMILES string of the molecule is CNCCC(Oc1ccc(CN2CCN(C)c3ccncc3C2=O)cc1)c1ccccc1F. The second kappa shape index (κ2) is 10.4. The van der Waals surface area contributed by atoms with E-state index >= 15 is 0 Å². The molecule has 172 valence electrons. The first kappa shape index (κ1) is 22.7. The maximum absolute atomic E-state index is 14.4. The Morgan fingerprint density at radius 3 is 2.67 bits per heavy atom. The number of carbonyl (C=O) groups is 1. The molecule has 3 aromatic rings. The number of nitrogens with one attached hydrogen (secondary N) is 1. The van der Waals surface area contributed by atoms with Crippen LogP contribution in [0.4, 0.5) is 10.1 Å². The summed E-state index contributed by atoms with van der Waals surface area (Å²) in [7, 11) is 3.85. The van der Waals surface area contributed by atoms with Gasteiger partial charge in [0.25, 0.3) is 5.91 Å². The van der Waals surface area contributed by atoms with Crippen LogP contribution in [0.3, 0.4) is 0 Å². The summed E-state index contributed by atoms with van der Waals surface area (Å²) in [6, 6.07) is 16.3. The predicted octanol–water partition coefficient (Wildman–Crippen LogP) is 4.04. The van der Waals surface area contributed by atoms with Gasteiger partial charge in [-0.25, -0.2) is 4.39 Å². The number of aromatic nitrogens is 1. The highest BCUT2D eigenvalue weighted by Crippen LogP contribution is 2.28. The fourth-order valence-corrected chi connectivity index (χ4v) is 4.05. The smallest absolute Gasteiger partial charge is 0.257 e. The van der Waals surface area contributed by atoms with Gasteiger partial charge in [-0.15, -0.1) is 0 Å². The van der Waals surface area contributed by atoms with Crippen LogP contribution in [0.1, 0.15) is 34.0 Å². The summed E-state index contributed by atoms with van der Waals surface area (Å²) >= 11 is 0. The standard InChI is InChI=1S/C26H29FN4O2/c1-28-13-12-25(21-5-3-4-6-23(21)27)33-20-9-7-19(8-10-20)18-31-16-15-30(2)24-11-14-29-17-22(24)26(31)32/h3-11,14,17,25,28H,12-13,15-16,18H2,1-2H3. The summed E-state index contributed by atoms with van der Waals surface area (Å²) in [5.74, 6) is 0.378. The van der Waals surface area contributed by atoms with Gasteiger partial charge in [0.05, 0.1) is 11.3 Å². The second-order valence-electron chi connectivity index (χ2n) is 8.21. The van der Waals surface area contributed by atoms with Gasteiger partial charge in [-0.1, -0.05) is 30.3 Å². The Labute approximate surface area is 194 Å². The molecular formula is C26H29FN4O2. The number of anilines is 1. The number of halogens is 1. The van der Waals surface area contributed by atoms with Crippen molar-refractivity contribution in [2.45, 2.75) is 19.1 Å². The van der Waals surface area contributed by atoms with E-state index in [4.69, 9.17) is 4.74 Å². The Hall–Kier alpha value is -3.45. The normalized spacial score (nSPS) is 14.6. The van der Waals surface area contributed by atoms with Crippen molar-refractivity contribution in [3.8, 4) is 5.75 Å². The number of hydrogen-bond donors (Lipinski definition) is 1. The number of pyridine rings is 1. The summed E-state index contributed by atoms with van der Waals surface area (Å²) in [5.41, 5.74) is 3.07. The minimum Gasteiger partial charge on any atom is -0.486 e. The summed E-state index contributed by atoms with van der Waals surface area (Å²) < 4.78 is 20.5. The number of nitrogens with zero attached hydrogens (tertiary/aromatic N) is 3. The third-order valence-corrected chi connectivity index (χ3v) is 5.92. The van der Waals surface area contributed by atoms with E-state index in [1.807, 2.05) is 55.4 Å². The minimum atomic E-state index is -0.392. The molecule has 1 N–H and O–H groups in total. The highest BCUT2D eigenvalue weighted by Gasteiger charge is 2.25. The molecule has 4 rings (SSSR count). The average Bonchev–Trinajstić information content (AvgIpc) is 2.95. The molecule has 0 bridgehead atoms. The quantitative estimate of drug-likeness (QED) is 0.564. The van der Waals surface area contributed by atoms with Crippen molar-refractivity contribution < 1.29 is 13.9 Å². The lowest BCUT2D eigenvalue weighted by Gasteiger charge is -2.22. The van der Waals surface area contributed by atoms with E-state index in [2.05, 4.69) is 15.2 Å². The van der Waals surface area contributed by atoms with Gasteiger partial charge >= 0.3 is 0 Å². The second-order valence-corrected chi connectivity index (χ2v) is 8.21. The van der Waals surface area contributed by atoms with Crippen molar-refractivity contribution in [2.75, 3.05) is 38.6 Å². The zero-order valence-electron chi connectivity index (χ0n) is 19.0. The van der Waals surface area contributed by atoms with Crippen LogP contribution in [-0.2, 0) is 6.54 Å². The zero-order chi connectivity index (χ0) is 23.2. The van der Waals surface area contributed by atoms with Crippen LogP contribution in [-0.4, -0.2) is 49.5 Å². The zero-order valence-corrected chi connectivity index (χ0v) is 19.0. The molecule has 1 atom stereocenters. The predicted molar refractivity (Wildman–Crippen MR) is 127 cm³/mol. The first-order chi connectivity index (χ1) is 16.1. The van der Waals surface area contributed by atoms with E-state index in [0.29, 0.717) is 42.9 Å². The van der Waals surface area contributed by atoms with Gasteiger partial charge in [-0.3, -0.25) is 9.78 Å². The van der Waals surface area contributed by atoms with Crippen LogP contribution in [0.5, 0.6) is 5.75 Å². The number of amides is 1. The molecule has 1 aliphatic heterocycles. The number of hydrogen-bond acceptors (Lipinski definition) is 5. The number of benzene rings is 2. The number of likely N-dealkylation sites (N-methyl/N-ethyl adjacent to an activating group) is 1. The Morgan fingerprint density at radius 2 is 1.91 bits per heavy atom. The van der Waals surface area contributed by atoms with Crippen molar-refractivity contribution in [2.24, 2.45) is 0 Å². The van der Waals surface area contributed by atoms with Gasteiger partial charge in [0.1, 0.15) is 17.7 Å². The molecule has 1 amide bonds. The van der Waals surface area contributed by atoms with E-state index in [9.17, 15) is 9.18 Å². The van der Waals surface area contributed by atoms with E-state index in [1.165, 1.54) is 6.07 Å². The molecule has 0 saturated heterocycles. The maximum atomic E-state index is 14.4. The fourth-order valence-electron chi connectivity index (χ4n) is 4.05. The lowest BCUT2D eigenvalue weighted by atomic mass is 10.1. The van der Waals surface area contributed by atoms with Gasteiger partial charge in [0, 0.05) is 51.1 Å². The number of carbonyl (C=O) groups excluding carboxylic acids is 1. The molecule has 33 heavy (non-hydrogen) atoms. The lowest BCUT2D eigenvalue weighted by molar-refractivity contribution is 0.0754. The average molecular weight is 449 g/mol. The molecule has 0 aliphatic carbocycles. The van der Waals surface area contributed by atoms with Crippen LogP contribution in [0.25, 0.3) is 0 Å². The third kappa shape index (κ3) is 5.31. The van der Waals surface area contributed by atoms with E-state index in [0.717, 1.165) is 17.8 Å². The number of ether oxygens (including phenoxy) is 1. The molecule has 0 spiro atoms. The summed E-state index contributed by atoms with van der Waals surface area (Å²) in [4.78, 5) is 21.1. The van der Waals surface area contributed by atoms with Crippen molar-refractivity contribution in [3.63, 3.8) is 0 Å². The molecule has 2 aromatic carbocycles. The molecule has 1 aliphatic rings. The number of fused-ring (bicyclic) bond motifs is 1. The Kier molecular flexibility index (Phi) is 7.19. The molecule has 1 unspecified atom stereocenters. The van der Waals surface area contributed by atoms with Crippen molar-refractivity contribution >= 4 is 11.6 Å². The maximum Gasteiger partial charge on any atom is 0.257 e.